The molecule has 0 aromatic heterocycles. The summed E-state index contributed by atoms with van der Waals surface area (Å²) in [5.41, 5.74) is 1.43. The van der Waals surface area contributed by atoms with E-state index in [1.807, 2.05) is 36.4 Å². The Morgan fingerprint density at radius 3 is 2.34 bits per heavy atom. The lowest BCUT2D eigenvalue weighted by Gasteiger charge is -2.21. The molecule has 0 saturated heterocycles. The highest BCUT2D eigenvalue weighted by atomic mass is 35.5. The number of benzene rings is 2. The number of esters is 1. The van der Waals surface area contributed by atoms with Gasteiger partial charge in [-0.25, -0.2) is 4.79 Å². The van der Waals surface area contributed by atoms with Gasteiger partial charge in [-0.1, -0.05) is 78.5 Å². The summed E-state index contributed by atoms with van der Waals surface area (Å²) in [7, 11) is 0. The molecule has 188 valence electrons. The van der Waals surface area contributed by atoms with Gasteiger partial charge in [-0.2, -0.15) is 11.8 Å². The highest BCUT2D eigenvalue weighted by molar-refractivity contribution is 8.15. The molecule has 2 atom stereocenters. The lowest BCUT2D eigenvalue weighted by molar-refractivity contribution is -0.148. The van der Waals surface area contributed by atoms with Crippen molar-refractivity contribution >= 4 is 52.1 Å². The van der Waals surface area contributed by atoms with Crippen LogP contribution in [0.25, 0.3) is 0 Å². The Bertz CT molecular complexity index is 930. The number of hydrogen-bond acceptors (Lipinski definition) is 7. The predicted molar refractivity (Wildman–Crippen MR) is 144 cm³/mol. The van der Waals surface area contributed by atoms with Crippen molar-refractivity contribution in [1.82, 2.24) is 5.32 Å². The molecule has 0 bridgehead atoms. The SMILES string of the molecule is C=CCSC[C@H](NC(=O)C(Cc1ccccc1)SC(=O)c1ccccc1)C(=O)OCCOCCCl. The molecule has 35 heavy (non-hydrogen) atoms. The zero-order valence-corrected chi connectivity index (χ0v) is 21.8. The van der Waals surface area contributed by atoms with Crippen LogP contribution in [0.3, 0.4) is 0 Å². The van der Waals surface area contributed by atoms with E-state index in [0.29, 0.717) is 36.0 Å². The van der Waals surface area contributed by atoms with Crippen LogP contribution in [-0.4, -0.2) is 65.5 Å². The van der Waals surface area contributed by atoms with Crippen LogP contribution in [0.1, 0.15) is 15.9 Å². The maximum Gasteiger partial charge on any atom is 0.329 e. The standard InChI is InChI=1S/C26H30ClNO5S2/c1-2-17-34-19-22(25(30)33-16-15-32-14-13-27)28-24(29)23(18-20-9-5-3-6-10-20)35-26(31)21-11-7-4-8-12-21/h2-12,22-23H,1,13-19H2,(H,28,29)/t22-,23?/m0/s1. The number of carbonyl (C=O) groups excluding carboxylic acids is 3. The summed E-state index contributed by atoms with van der Waals surface area (Å²) in [4.78, 5) is 38.9. The zero-order valence-electron chi connectivity index (χ0n) is 19.4. The second-order valence-electron chi connectivity index (χ2n) is 7.31. The van der Waals surface area contributed by atoms with Crippen molar-refractivity contribution in [2.45, 2.75) is 17.7 Å². The molecule has 2 rings (SSSR count). The summed E-state index contributed by atoms with van der Waals surface area (Å²) < 4.78 is 10.5. The maximum absolute atomic E-state index is 13.3. The normalized spacial score (nSPS) is 12.4. The predicted octanol–water partition coefficient (Wildman–Crippen LogP) is 4.37. The Kier molecular flexibility index (Phi) is 14.3. The number of rotatable bonds is 16. The Morgan fingerprint density at radius 2 is 1.69 bits per heavy atom. The topological polar surface area (TPSA) is 81.7 Å². The lowest BCUT2D eigenvalue weighted by atomic mass is 10.1. The van der Waals surface area contributed by atoms with Crippen molar-refractivity contribution in [3.63, 3.8) is 0 Å². The fourth-order valence-corrected chi connectivity index (χ4v) is 4.80. The molecular weight excluding hydrogens is 506 g/mol. The monoisotopic (exact) mass is 535 g/mol. The van der Waals surface area contributed by atoms with Gasteiger partial charge in [0.15, 0.2) is 0 Å². The lowest BCUT2D eigenvalue weighted by Crippen LogP contribution is -2.47. The second-order valence-corrected chi connectivity index (χ2v) is 9.93. The summed E-state index contributed by atoms with van der Waals surface area (Å²) in [6.45, 7) is 4.33. The Hall–Kier alpha value is -2.26. The van der Waals surface area contributed by atoms with Crippen LogP contribution in [0.5, 0.6) is 0 Å². The van der Waals surface area contributed by atoms with Gasteiger partial charge in [-0.3, -0.25) is 9.59 Å². The summed E-state index contributed by atoms with van der Waals surface area (Å²) in [5.74, 6) is 0.333. The molecule has 0 aliphatic heterocycles. The third kappa shape index (κ3) is 11.3. The summed E-state index contributed by atoms with van der Waals surface area (Å²) in [6.07, 6.45) is 2.06. The second kappa shape index (κ2) is 17.2. The van der Waals surface area contributed by atoms with Gasteiger partial charge in [0.1, 0.15) is 12.6 Å². The molecule has 0 heterocycles. The molecule has 0 saturated carbocycles. The molecule has 0 radical (unpaired) electrons. The highest BCUT2D eigenvalue weighted by Crippen LogP contribution is 2.22. The minimum Gasteiger partial charge on any atom is -0.462 e. The summed E-state index contributed by atoms with van der Waals surface area (Å²) in [5, 5.41) is 1.87. The average molecular weight is 536 g/mol. The first-order valence-corrected chi connectivity index (χ1v) is 13.7. The van der Waals surface area contributed by atoms with Crippen molar-refractivity contribution in [2.24, 2.45) is 0 Å². The molecule has 0 spiro atoms. The third-order valence-electron chi connectivity index (χ3n) is 4.63. The molecule has 6 nitrogen and oxygen atoms in total. The number of amides is 1. The first kappa shape index (κ1) is 29.0. The van der Waals surface area contributed by atoms with E-state index in [9.17, 15) is 14.4 Å². The summed E-state index contributed by atoms with van der Waals surface area (Å²) in [6, 6.07) is 17.4. The van der Waals surface area contributed by atoms with Gasteiger partial charge >= 0.3 is 5.97 Å². The molecule has 9 heteroatoms. The van der Waals surface area contributed by atoms with Gasteiger partial charge in [-0.15, -0.1) is 18.2 Å². The van der Waals surface area contributed by atoms with Crippen molar-refractivity contribution in [3.05, 3.63) is 84.4 Å². The Labute approximate surface area is 220 Å². The molecule has 1 unspecified atom stereocenters. The van der Waals surface area contributed by atoms with Gasteiger partial charge in [0.05, 0.1) is 18.5 Å². The van der Waals surface area contributed by atoms with Crippen LogP contribution in [0.15, 0.2) is 73.3 Å². The van der Waals surface area contributed by atoms with Gasteiger partial charge in [0, 0.05) is 22.9 Å². The van der Waals surface area contributed by atoms with Crippen LogP contribution < -0.4 is 5.32 Å². The largest absolute Gasteiger partial charge is 0.462 e. The quantitative estimate of drug-likeness (QED) is 0.148. The van der Waals surface area contributed by atoms with E-state index in [0.717, 1.165) is 17.3 Å². The number of hydrogen-bond donors (Lipinski definition) is 1. The van der Waals surface area contributed by atoms with Gasteiger partial charge in [0.25, 0.3) is 0 Å². The molecule has 0 aliphatic carbocycles. The van der Waals surface area contributed by atoms with E-state index >= 15 is 0 Å². The molecular formula is C26H30ClNO5S2. The van der Waals surface area contributed by atoms with Crippen LogP contribution in [0.2, 0.25) is 0 Å². The first-order chi connectivity index (χ1) is 17.0. The highest BCUT2D eigenvalue weighted by Gasteiger charge is 2.29. The summed E-state index contributed by atoms with van der Waals surface area (Å²) >= 11 is 7.97. The third-order valence-corrected chi connectivity index (χ3v) is 6.94. The van der Waals surface area contributed by atoms with E-state index in [4.69, 9.17) is 21.1 Å². The molecule has 0 fully saturated rings. The fourth-order valence-electron chi connectivity index (χ4n) is 2.95. The Morgan fingerprint density at radius 1 is 1.00 bits per heavy atom. The van der Waals surface area contributed by atoms with E-state index < -0.39 is 23.2 Å². The smallest absolute Gasteiger partial charge is 0.329 e. The van der Waals surface area contributed by atoms with Gasteiger partial charge < -0.3 is 14.8 Å². The number of nitrogens with one attached hydrogen (secondary N) is 1. The molecule has 1 amide bonds. The number of halogens is 1. The van der Waals surface area contributed by atoms with Crippen LogP contribution in [-0.2, 0) is 25.5 Å². The Balaban J connectivity index is 2.10. The zero-order chi connectivity index (χ0) is 25.3. The van der Waals surface area contributed by atoms with Crippen LogP contribution >= 0.6 is 35.1 Å². The minimum absolute atomic E-state index is 0.0584. The first-order valence-electron chi connectivity index (χ1n) is 11.1. The number of alkyl halides is 1. The van der Waals surface area contributed by atoms with Crippen molar-refractivity contribution in [1.29, 1.82) is 0 Å². The molecule has 2 aromatic rings. The maximum atomic E-state index is 13.3. The van der Waals surface area contributed by atoms with Crippen molar-refractivity contribution in [3.8, 4) is 0 Å². The average Bonchev–Trinajstić information content (AvgIpc) is 2.88. The van der Waals surface area contributed by atoms with Crippen LogP contribution in [0, 0.1) is 0 Å². The molecule has 0 aliphatic rings. The van der Waals surface area contributed by atoms with E-state index in [-0.39, 0.29) is 18.3 Å². The van der Waals surface area contributed by atoms with E-state index in [2.05, 4.69) is 11.9 Å². The van der Waals surface area contributed by atoms with E-state index in [1.165, 1.54) is 11.8 Å². The fraction of sp³-hybridized carbons (Fsp3) is 0.346. The number of carbonyl (C=O) groups is 3. The minimum atomic E-state index is -0.869. The molecule has 2 aromatic carbocycles. The molecule has 1 N–H and O–H groups in total. The van der Waals surface area contributed by atoms with Crippen molar-refractivity contribution < 1.29 is 23.9 Å². The van der Waals surface area contributed by atoms with Crippen molar-refractivity contribution in [2.75, 3.05) is 37.2 Å². The van der Waals surface area contributed by atoms with E-state index in [1.54, 1.807) is 30.3 Å². The van der Waals surface area contributed by atoms with Gasteiger partial charge in [-0.05, 0) is 12.0 Å². The number of thioether (sulfide) groups is 2. The van der Waals surface area contributed by atoms with Crippen LogP contribution in [0.4, 0.5) is 0 Å². The van der Waals surface area contributed by atoms with Gasteiger partial charge in [0.2, 0.25) is 11.0 Å². The number of ether oxygens (including phenoxy) is 2.